The minimum absolute atomic E-state index is 0.156. The summed E-state index contributed by atoms with van der Waals surface area (Å²) in [5.74, 6) is 1.60. The van der Waals surface area contributed by atoms with Gasteiger partial charge in [-0.25, -0.2) is 18.4 Å². The lowest BCUT2D eigenvalue weighted by Gasteiger charge is -2.19. The monoisotopic (exact) mass is 526 g/mol. The molecule has 1 heterocycles. The molecule has 4 aromatic rings. The van der Waals surface area contributed by atoms with Gasteiger partial charge in [0.1, 0.15) is 23.6 Å². The molecule has 188 valence electrons. The summed E-state index contributed by atoms with van der Waals surface area (Å²) in [7, 11) is -0.754. The summed E-state index contributed by atoms with van der Waals surface area (Å²) in [6, 6.07) is 15.4. The molecule has 0 spiro atoms. The Bertz CT molecular complexity index is 1480. The van der Waals surface area contributed by atoms with Crippen LogP contribution < -0.4 is 19.5 Å². The molecule has 0 radical (unpaired) electrons. The van der Waals surface area contributed by atoms with Gasteiger partial charge in [-0.15, -0.1) is 0 Å². The van der Waals surface area contributed by atoms with E-state index in [-0.39, 0.29) is 4.90 Å². The SMILES string of the molecule is CCCc1c(OC)c(NS(=O)(=O)c2ccccc2)cc2c(NCc3ccc(OC)c(Cl)c3)ncnc12. The van der Waals surface area contributed by atoms with Crippen LogP contribution in [0.1, 0.15) is 24.5 Å². The van der Waals surface area contributed by atoms with E-state index in [0.29, 0.717) is 51.9 Å². The van der Waals surface area contributed by atoms with E-state index in [1.165, 1.54) is 13.4 Å². The molecule has 3 aromatic carbocycles. The van der Waals surface area contributed by atoms with Crippen molar-refractivity contribution in [1.82, 2.24) is 9.97 Å². The highest BCUT2D eigenvalue weighted by atomic mass is 35.5. The lowest BCUT2D eigenvalue weighted by atomic mass is 10.0. The van der Waals surface area contributed by atoms with Crippen LogP contribution in [-0.2, 0) is 23.0 Å². The van der Waals surface area contributed by atoms with Crippen LogP contribution in [0.3, 0.4) is 0 Å². The number of nitrogens with zero attached hydrogens (tertiary/aromatic N) is 2. The number of aromatic nitrogens is 2. The molecule has 2 N–H and O–H groups in total. The van der Waals surface area contributed by atoms with E-state index in [4.69, 9.17) is 21.1 Å². The minimum atomic E-state index is -3.84. The van der Waals surface area contributed by atoms with Crippen molar-refractivity contribution in [2.75, 3.05) is 24.3 Å². The largest absolute Gasteiger partial charge is 0.495 e. The maximum Gasteiger partial charge on any atom is 0.262 e. The highest BCUT2D eigenvalue weighted by Crippen LogP contribution is 2.39. The van der Waals surface area contributed by atoms with Gasteiger partial charge in [0.05, 0.1) is 35.3 Å². The van der Waals surface area contributed by atoms with Crippen LogP contribution in [0.25, 0.3) is 10.9 Å². The fourth-order valence-corrected chi connectivity index (χ4v) is 5.35. The van der Waals surface area contributed by atoms with Gasteiger partial charge in [-0.1, -0.05) is 49.2 Å². The molecular weight excluding hydrogens is 500 g/mol. The predicted molar refractivity (Wildman–Crippen MR) is 143 cm³/mol. The van der Waals surface area contributed by atoms with E-state index >= 15 is 0 Å². The number of halogens is 1. The lowest BCUT2D eigenvalue weighted by molar-refractivity contribution is 0.412. The van der Waals surface area contributed by atoms with E-state index in [9.17, 15) is 8.42 Å². The van der Waals surface area contributed by atoms with Gasteiger partial charge in [0.25, 0.3) is 10.0 Å². The molecule has 0 fully saturated rings. The van der Waals surface area contributed by atoms with Crippen molar-refractivity contribution in [3.63, 3.8) is 0 Å². The Morgan fingerprint density at radius 3 is 2.44 bits per heavy atom. The molecule has 0 bridgehead atoms. The Hall–Kier alpha value is -3.56. The number of nitrogens with one attached hydrogen (secondary N) is 2. The van der Waals surface area contributed by atoms with Crippen molar-refractivity contribution < 1.29 is 17.9 Å². The molecule has 0 aliphatic rings. The van der Waals surface area contributed by atoms with Crippen LogP contribution in [0.2, 0.25) is 5.02 Å². The topological polar surface area (TPSA) is 102 Å². The van der Waals surface area contributed by atoms with E-state index in [1.807, 2.05) is 19.1 Å². The normalized spacial score (nSPS) is 11.3. The zero-order chi connectivity index (χ0) is 25.7. The van der Waals surface area contributed by atoms with Crippen LogP contribution in [-0.4, -0.2) is 32.6 Å². The van der Waals surface area contributed by atoms with Crippen molar-refractivity contribution in [2.45, 2.75) is 31.2 Å². The van der Waals surface area contributed by atoms with E-state index in [1.54, 1.807) is 49.6 Å². The fraction of sp³-hybridized carbons (Fsp3) is 0.231. The van der Waals surface area contributed by atoms with Gasteiger partial charge in [0, 0.05) is 17.5 Å². The minimum Gasteiger partial charge on any atom is -0.495 e. The third kappa shape index (κ3) is 5.32. The van der Waals surface area contributed by atoms with Crippen LogP contribution in [0, 0.1) is 0 Å². The number of hydrogen-bond donors (Lipinski definition) is 2. The Labute approximate surface area is 215 Å². The predicted octanol–water partition coefficient (Wildman–Crippen LogP) is 5.67. The summed E-state index contributed by atoms with van der Waals surface area (Å²) in [4.78, 5) is 9.10. The molecule has 4 rings (SSSR count). The number of ether oxygens (including phenoxy) is 2. The molecule has 0 amide bonds. The molecule has 0 atom stereocenters. The van der Waals surface area contributed by atoms with Crippen molar-refractivity contribution >= 4 is 44.0 Å². The van der Waals surface area contributed by atoms with Gasteiger partial charge in [-0.3, -0.25) is 4.72 Å². The van der Waals surface area contributed by atoms with Crippen LogP contribution >= 0.6 is 11.6 Å². The van der Waals surface area contributed by atoms with Crippen molar-refractivity contribution in [1.29, 1.82) is 0 Å². The van der Waals surface area contributed by atoms with Gasteiger partial charge < -0.3 is 14.8 Å². The highest BCUT2D eigenvalue weighted by molar-refractivity contribution is 7.92. The van der Waals surface area contributed by atoms with Gasteiger partial charge in [0.2, 0.25) is 0 Å². The van der Waals surface area contributed by atoms with Crippen molar-refractivity contribution in [3.05, 3.63) is 77.1 Å². The lowest BCUT2D eigenvalue weighted by Crippen LogP contribution is -2.14. The molecule has 0 unspecified atom stereocenters. The average molecular weight is 527 g/mol. The van der Waals surface area contributed by atoms with Gasteiger partial charge in [0.15, 0.2) is 0 Å². The van der Waals surface area contributed by atoms with Gasteiger partial charge >= 0.3 is 0 Å². The second-order valence-electron chi connectivity index (χ2n) is 8.05. The summed E-state index contributed by atoms with van der Waals surface area (Å²) in [6.07, 6.45) is 2.95. The summed E-state index contributed by atoms with van der Waals surface area (Å²) in [6.45, 7) is 2.48. The zero-order valence-electron chi connectivity index (χ0n) is 20.2. The molecule has 1 aromatic heterocycles. The molecule has 0 aliphatic carbocycles. The molecular formula is C26H27ClN4O4S. The Balaban J connectivity index is 1.77. The summed E-state index contributed by atoms with van der Waals surface area (Å²) < 4.78 is 39.8. The van der Waals surface area contributed by atoms with E-state index < -0.39 is 10.0 Å². The number of fused-ring (bicyclic) bond motifs is 1. The van der Waals surface area contributed by atoms with Crippen molar-refractivity contribution in [3.8, 4) is 11.5 Å². The molecule has 0 saturated heterocycles. The van der Waals surface area contributed by atoms with Crippen molar-refractivity contribution in [2.24, 2.45) is 0 Å². The second-order valence-corrected chi connectivity index (χ2v) is 10.1. The van der Waals surface area contributed by atoms with E-state index in [0.717, 1.165) is 17.5 Å². The fourth-order valence-electron chi connectivity index (χ4n) is 3.99. The standard InChI is InChI=1S/C26H27ClN4O4S/c1-4-8-19-24-20(14-22(25(19)35-3)31-36(32,33)18-9-6-5-7-10-18)26(30-16-29-24)28-15-17-11-12-23(34-2)21(27)13-17/h5-7,9-14,16,31H,4,8,15H2,1-3H3,(H,28,29,30). The molecule has 36 heavy (non-hydrogen) atoms. The number of methoxy groups -OCH3 is 2. The quantitative estimate of drug-likeness (QED) is 0.274. The average Bonchev–Trinajstić information content (AvgIpc) is 2.88. The number of benzene rings is 3. The first kappa shape index (κ1) is 25.5. The Kier molecular flexibility index (Phi) is 7.81. The maximum absolute atomic E-state index is 13.1. The first-order valence-electron chi connectivity index (χ1n) is 11.4. The molecule has 8 nitrogen and oxygen atoms in total. The molecule has 10 heteroatoms. The number of rotatable bonds is 10. The summed E-state index contributed by atoms with van der Waals surface area (Å²) in [5, 5.41) is 4.51. The number of sulfonamides is 1. The number of anilines is 2. The summed E-state index contributed by atoms with van der Waals surface area (Å²) >= 11 is 6.27. The van der Waals surface area contributed by atoms with Crippen LogP contribution in [0.5, 0.6) is 11.5 Å². The highest BCUT2D eigenvalue weighted by Gasteiger charge is 2.22. The van der Waals surface area contributed by atoms with E-state index in [2.05, 4.69) is 20.0 Å². The van der Waals surface area contributed by atoms with Crippen LogP contribution in [0.4, 0.5) is 11.5 Å². The number of aryl methyl sites for hydroxylation is 1. The molecule has 0 saturated carbocycles. The molecule has 0 aliphatic heterocycles. The smallest absolute Gasteiger partial charge is 0.262 e. The Morgan fingerprint density at radius 1 is 1.00 bits per heavy atom. The first-order valence-corrected chi connectivity index (χ1v) is 13.2. The van der Waals surface area contributed by atoms with Gasteiger partial charge in [-0.2, -0.15) is 0 Å². The third-order valence-corrected chi connectivity index (χ3v) is 7.33. The third-order valence-electron chi connectivity index (χ3n) is 5.66. The zero-order valence-corrected chi connectivity index (χ0v) is 21.8. The maximum atomic E-state index is 13.1. The Morgan fingerprint density at radius 2 is 1.78 bits per heavy atom. The second kappa shape index (κ2) is 11.0. The number of hydrogen-bond acceptors (Lipinski definition) is 7. The summed E-state index contributed by atoms with van der Waals surface area (Å²) in [5.41, 5.74) is 2.75. The first-order chi connectivity index (χ1) is 17.4. The van der Waals surface area contributed by atoms with Gasteiger partial charge in [-0.05, 0) is 42.3 Å². The van der Waals surface area contributed by atoms with Crippen LogP contribution in [0.15, 0.2) is 65.8 Å².